The zero-order valence-electron chi connectivity index (χ0n) is 9.87. The third kappa shape index (κ3) is 2.10. The van der Waals surface area contributed by atoms with Crippen LogP contribution in [0, 0.1) is 11.6 Å². The predicted octanol–water partition coefficient (Wildman–Crippen LogP) is 4.41. The van der Waals surface area contributed by atoms with Crippen molar-refractivity contribution in [2.75, 3.05) is 5.73 Å². The van der Waals surface area contributed by atoms with Gasteiger partial charge in [-0.15, -0.1) is 0 Å². The van der Waals surface area contributed by atoms with E-state index in [1.165, 1.54) is 12.1 Å². The summed E-state index contributed by atoms with van der Waals surface area (Å²) in [5, 5.41) is 0. The van der Waals surface area contributed by atoms with Crippen LogP contribution in [0.4, 0.5) is 14.7 Å². The predicted molar refractivity (Wildman–Crippen MR) is 80.8 cm³/mol. The van der Waals surface area contributed by atoms with E-state index in [0.29, 0.717) is 25.7 Å². The maximum atomic E-state index is 13.7. The van der Waals surface area contributed by atoms with Crippen LogP contribution in [0.2, 0.25) is 0 Å². The van der Waals surface area contributed by atoms with Gasteiger partial charge in [-0.2, -0.15) is 0 Å². The third-order valence-electron chi connectivity index (χ3n) is 2.88. The van der Waals surface area contributed by atoms with Gasteiger partial charge in [-0.05, 0) is 56.1 Å². The van der Waals surface area contributed by atoms with E-state index in [4.69, 9.17) is 5.73 Å². The average Bonchev–Trinajstić information content (AvgIpc) is 2.69. The van der Waals surface area contributed by atoms with Gasteiger partial charge in [0.15, 0.2) is 0 Å². The molecule has 0 atom stereocenters. The van der Waals surface area contributed by atoms with Crippen LogP contribution in [0.3, 0.4) is 0 Å². The lowest BCUT2D eigenvalue weighted by Gasteiger charge is -2.07. The number of hydrogen-bond donors (Lipinski definition) is 1. The summed E-state index contributed by atoms with van der Waals surface area (Å²) >= 11 is 6.21. The number of nitrogens with two attached hydrogens (primary N) is 1. The number of halogens is 4. The molecule has 3 nitrogen and oxygen atoms in total. The molecule has 1 aromatic heterocycles. The first-order valence-electron chi connectivity index (χ1n) is 5.56. The molecule has 102 valence electrons. The van der Waals surface area contributed by atoms with Gasteiger partial charge in [-0.25, -0.2) is 13.8 Å². The molecule has 3 rings (SSSR count). The van der Waals surface area contributed by atoms with Gasteiger partial charge in [-0.3, -0.25) is 4.57 Å². The van der Waals surface area contributed by atoms with Crippen LogP contribution >= 0.6 is 31.9 Å². The van der Waals surface area contributed by atoms with Crippen molar-refractivity contribution in [1.82, 2.24) is 9.55 Å². The van der Waals surface area contributed by atoms with Crippen LogP contribution in [0.15, 0.2) is 39.3 Å². The summed E-state index contributed by atoms with van der Waals surface area (Å²) in [6.07, 6.45) is 0. The first-order valence-corrected chi connectivity index (χ1v) is 7.14. The zero-order chi connectivity index (χ0) is 14.4. The van der Waals surface area contributed by atoms with Crippen molar-refractivity contribution in [2.45, 2.75) is 0 Å². The minimum Gasteiger partial charge on any atom is -0.369 e. The summed E-state index contributed by atoms with van der Waals surface area (Å²) in [6, 6.07) is 7.45. The van der Waals surface area contributed by atoms with Crippen molar-refractivity contribution < 1.29 is 8.78 Å². The fourth-order valence-electron chi connectivity index (χ4n) is 1.99. The van der Waals surface area contributed by atoms with Gasteiger partial charge in [0.05, 0.1) is 25.7 Å². The minimum absolute atomic E-state index is 0.166. The van der Waals surface area contributed by atoms with Crippen molar-refractivity contribution in [3.63, 3.8) is 0 Å². The number of anilines is 1. The van der Waals surface area contributed by atoms with E-state index in [1.54, 1.807) is 22.8 Å². The zero-order valence-corrected chi connectivity index (χ0v) is 13.0. The van der Waals surface area contributed by atoms with Gasteiger partial charge in [0.1, 0.15) is 11.6 Å². The lowest BCUT2D eigenvalue weighted by molar-refractivity contribution is 0.620. The Morgan fingerprint density at radius 3 is 2.40 bits per heavy atom. The number of rotatable bonds is 1. The smallest absolute Gasteiger partial charge is 0.205 e. The molecule has 0 saturated carbocycles. The van der Waals surface area contributed by atoms with Gasteiger partial charge in [0.2, 0.25) is 5.95 Å². The molecule has 1 heterocycles. The Labute approximate surface area is 129 Å². The maximum Gasteiger partial charge on any atom is 0.205 e. The van der Waals surface area contributed by atoms with E-state index in [1.807, 2.05) is 0 Å². The lowest BCUT2D eigenvalue weighted by Crippen LogP contribution is -2.01. The number of fused-ring (bicyclic) bond motifs is 1. The molecule has 0 radical (unpaired) electrons. The molecule has 0 bridgehead atoms. The number of aromatic nitrogens is 2. The second-order valence-corrected chi connectivity index (χ2v) is 5.87. The second-order valence-electron chi connectivity index (χ2n) is 4.16. The van der Waals surface area contributed by atoms with Crippen LogP contribution in [0.25, 0.3) is 16.7 Å². The first kappa shape index (κ1) is 13.5. The molecular weight excluding hydrogens is 396 g/mol. The molecule has 0 saturated heterocycles. The Hall–Kier alpha value is -1.47. The van der Waals surface area contributed by atoms with Gasteiger partial charge < -0.3 is 5.73 Å². The topological polar surface area (TPSA) is 43.8 Å². The summed E-state index contributed by atoms with van der Waals surface area (Å²) in [7, 11) is 0. The molecule has 0 amide bonds. The first-order chi connectivity index (χ1) is 9.47. The van der Waals surface area contributed by atoms with Crippen molar-refractivity contribution in [3.05, 3.63) is 50.9 Å². The van der Waals surface area contributed by atoms with Crippen molar-refractivity contribution in [2.24, 2.45) is 0 Å². The SMILES string of the molecule is Nc1nc2cc(F)c(Br)cc2n1-c1ccc(Br)c(F)c1. The highest BCUT2D eigenvalue weighted by Gasteiger charge is 2.14. The summed E-state index contributed by atoms with van der Waals surface area (Å²) in [4.78, 5) is 4.09. The highest BCUT2D eigenvalue weighted by atomic mass is 79.9. The lowest BCUT2D eigenvalue weighted by atomic mass is 10.2. The summed E-state index contributed by atoms with van der Waals surface area (Å²) in [6.45, 7) is 0. The Balaban J connectivity index is 2.32. The average molecular weight is 403 g/mol. The Kier molecular flexibility index (Phi) is 3.25. The van der Waals surface area contributed by atoms with E-state index in [0.717, 1.165) is 0 Å². The van der Waals surface area contributed by atoms with Gasteiger partial charge >= 0.3 is 0 Å². The maximum absolute atomic E-state index is 13.7. The molecule has 0 fully saturated rings. The Morgan fingerprint density at radius 2 is 1.70 bits per heavy atom. The van der Waals surface area contributed by atoms with Crippen LogP contribution in [0.1, 0.15) is 0 Å². The van der Waals surface area contributed by atoms with Gasteiger partial charge in [0.25, 0.3) is 0 Å². The molecular formula is C13H7Br2F2N3. The monoisotopic (exact) mass is 401 g/mol. The third-order valence-corrected chi connectivity index (χ3v) is 4.13. The normalized spacial score (nSPS) is 11.2. The van der Waals surface area contributed by atoms with Gasteiger partial charge in [0, 0.05) is 6.07 Å². The summed E-state index contributed by atoms with van der Waals surface area (Å²) in [5.74, 6) is -0.673. The number of hydrogen-bond acceptors (Lipinski definition) is 2. The molecule has 2 N–H and O–H groups in total. The quantitative estimate of drug-likeness (QED) is 0.655. The van der Waals surface area contributed by atoms with E-state index in [2.05, 4.69) is 36.8 Å². The Morgan fingerprint density at radius 1 is 1.00 bits per heavy atom. The summed E-state index contributed by atoms with van der Waals surface area (Å²) < 4.78 is 29.4. The van der Waals surface area contributed by atoms with Crippen LogP contribution in [-0.4, -0.2) is 9.55 Å². The highest BCUT2D eigenvalue weighted by Crippen LogP contribution is 2.29. The van der Waals surface area contributed by atoms with Crippen molar-refractivity contribution >= 4 is 48.8 Å². The number of nitrogen functional groups attached to an aromatic ring is 1. The number of imidazole rings is 1. The fraction of sp³-hybridized carbons (Fsp3) is 0. The van der Waals surface area contributed by atoms with E-state index in [-0.39, 0.29) is 5.95 Å². The standard InChI is InChI=1S/C13H7Br2F2N3/c14-7-2-1-6(3-9(7)16)20-12-4-8(15)10(17)5-11(12)19-13(20)18/h1-5H,(H2,18,19). The fourth-order valence-corrected chi connectivity index (χ4v) is 2.56. The largest absolute Gasteiger partial charge is 0.369 e. The minimum atomic E-state index is -0.427. The molecule has 2 aromatic carbocycles. The van der Waals surface area contributed by atoms with Crippen molar-refractivity contribution in [1.29, 1.82) is 0 Å². The molecule has 0 aliphatic heterocycles. The highest BCUT2D eigenvalue weighted by molar-refractivity contribution is 9.10. The number of nitrogens with zero attached hydrogens (tertiary/aromatic N) is 2. The van der Waals surface area contributed by atoms with Crippen LogP contribution in [-0.2, 0) is 0 Å². The van der Waals surface area contributed by atoms with Crippen molar-refractivity contribution in [3.8, 4) is 5.69 Å². The molecule has 0 spiro atoms. The molecule has 0 aliphatic rings. The molecule has 20 heavy (non-hydrogen) atoms. The van der Waals surface area contributed by atoms with E-state index < -0.39 is 11.6 Å². The number of benzene rings is 2. The Bertz CT molecular complexity index is 830. The van der Waals surface area contributed by atoms with Crippen LogP contribution in [0.5, 0.6) is 0 Å². The van der Waals surface area contributed by atoms with Crippen LogP contribution < -0.4 is 5.73 Å². The molecule has 3 aromatic rings. The van der Waals surface area contributed by atoms with E-state index >= 15 is 0 Å². The second kappa shape index (κ2) is 4.82. The summed E-state index contributed by atoms with van der Waals surface area (Å²) in [5.41, 5.74) is 7.38. The molecule has 0 aliphatic carbocycles. The van der Waals surface area contributed by atoms with E-state index in [9.17, 15) is 8.78 Å². The molecule has 0 unspecified atom stereocenters. The van der Waals surface area contributed by atoms with Gasteiger partial charge in [-0.1, -0.05) is 0 Å². The molecule has 7 heteroatoms.